The summed E-state index contributed by atoms with van der Waals surface area (Å²) in [6.45, 7) is 0. The van der Waals surface area contributed by atoms with Gasteiger partial charge in [-0.2, -0.15) is 0 Å². The van der Waals surface area contributed by atoms with Crippen LogP contribution in [0.3, 0.4) is 0 Å². The van der Waals surface area contributed by atoms with Crippen LogP contribution < -0.4 is 0 Å². The Balaban J connectivity index is 2.48. The molecule has 0 atom stereocenters. The van der Waals surface area contributed by atoms with E-state index in [4.69, 9.17) is 0 Å². The molecule has 2 aromatic rings. The van der Waals surface area contributed by atoms with E-state index in [0.29, 0.717) is 4.60 Å². The first-order valence-corrected chi connectivity index (χ1v) is 4.11. The van der Waals surface area contributed by atoms with Crippen LogP contribution in [0, 0.1) is 0 Å². The summed E-state index contributed by atoms with van der Waals surface area (Å²) in [4.78, 5) is 12.1. The summed E-state index contributed by atoms with van der Waals surface area (Å²) in [6.07, 6.45) is 8.50. The van der Waals surface area contributed by atoms with E-state index in [1.165, 1.54) is 0 Å². The van der Waals surface area contributed by atoms with E-state index in [2.05, 4.69) is 30.9 Å². The van der Waals surface area contributed by atoms with Crippen molar-refractivity contribution in [2.45, 2.75) is 0 Å². The van der Waals surface area contributed by atoms with E-state index in [9.17, 15) is 0 Å². The van der Waals surface area contributed by atoms with Crippen LogP contribution in [0.5, 0.6) is 0 Å². The maximum Gasteiger partial charge on any atom is 0.157 e. The summed E-state index contributed by atoms with van der Waals surface area (Å²) in [5.41, 5.74) is 0. The highest BCUT2D eigenvalue weighted by atomic mass is 79.9. The third-order valence-electron chi connectivity index (χ3n) is 1.36. The van der Waals surface area contributed by atoms with Crippen molar-refractivity contribution in [1.82, 2.24) is 19.5 Å². The molecular weight excluding hydrogens is 220 g/mol. The molecular formula is C7H5BrN4. The Hall–Kier alpha value is -1.23. The van der Waals surface area contributed by atoms with Crippen LogP contribution in [-0.4, -0.2) is 19.5 Å². The summed E-state index contributed by atoms with van der Waals surface area (Å²) in [5.74, 6) is 0.752. The van der Waals surface area contributed by atoms with Gasteiger partial charge in [-0.1, -0.05) is 0 Å². The summed E-state index contributed by atoms with van der Waals surface area (Å²) >= 11 is 3.24. The first-order chi connectivity index (χ1) is 5.86. The van der Waals surface area contributed by atoms with Crippen molar-refractivity contribution in [3.05, 3.63) is 35.7 Å². The zero-order chi connectivity index (χ0) is 8.39. The molecule has 5 heteroatoms. The van der Waals surface area contributed by atoms with E-state index in [-0.39, 0.29) is 0 Å². The number of aromatic nitrogens is 4. The van der Waals surface area contributed by atoms with Gasteiger partial charge in [-0.05, 0) is 15.9 Å². The minimum absolute atomic E-state index is 0.716. The number of rotatable bonds is 1. The number of hydrogen-bond donors (Lipinski definition) is 0. The van der Waals surface area contributed by atoms with Gasteiger partial charge in [0.1, 0.15) is 10.9 Å². The van der Waals surface area contributed by atoms with Crippen molar-refractivity contribution in [3.8, 4) is 5.82 Å². The van der Waals surface area contributed by atoms with Crippen LogP contribution in [-0.2, 0) is 0 Å². The molecule has 60 valence electrons. The van der Waals surface area contributed by atoms with Crippen LogP contribution in [0.1, 0.15) is 0 Å². The maximum atomic E-state index is 4.19. The first-order valence-electron chi connectivity index (χ1n) is 3.32. The fourth-order valence-electron chi connectivity index (χ4n) is 0.852. The molecule has 2 heterocycles. The van der Waals surface area contributed by atoms with Crippen LogP contribution in [0.2, 0.25) is 0 Å². The van der Waals surface area contributed by atoms with Gasteiger partial charge in [0, 0.05) is 12.4 Å². The van der Waals surface area contributed by atoms with Gasteiger partial charge in [-0.25, -0.2) is 9.97 Å². The molecule has 2 rings (SSSR count). The molecule has 0 amide bonds. The average Bonchev–Trinajstić information content (AvgIpc) is 2.56. The highest BCUT2D eigenvalue weighted by molar-refractivity contribution is 9.10. The quantitative estimate of drug-likeness (QED) is 0.737. The van der Waals surface area contributed by atoms with Gasteiger partial charge < -0.3 is 0 Å². The summed E-state index contributed by atoms with van der Waals surface area (Å²) in [7, 11) is 0. The van der Waals surface area contributed by atoms with Gasteiger partial charge in [0.15, 0.2) is 5.82 Å². The van der Waals surface area contributed by atoms with Gasteiger partial charge in [0.2, 0.25) is 0 Å². The molecule has 12 heavy (non-hydrogen) atoms. The van der Waals surface area contributed by atoms with Crippen LogP contribution in [0.25, 0.3) is 5.82 Å². The van der Waals surface area contributed by atoms with Gasteiger partial charge in [-0.3, -0.25) is 9.55 Å². The molecule has 0 unspecified atom stereocenters. The molecule has 0 fully saturated rings. The summed E-state index contributed by atoms with van der Waals surface area (Å²) < 4.78 is 2.51. The van der Waals surface area contributed by atoms with Gasteiger partial charge in [0.05, 0.1) is 12.4 Å². The molecule has 0 aliphatic rings. The van der Waals surface area contributed by atoms with E-state index >= 15 is 0 Å². The third-order valence-corrected chi connectivity index (χ3v) is 1.74. The highest BCUT2D eigenvalue weighted by Crippen LogP contribution is 2.06. The molecule has 0 saturated carbocycles. The van der Waals surface area contributed by atoms with Crippen molar-refractivity contribution in [3.63, 3.8) is 0 Å². The fourth-order valence-corrected chi connectivity index (χ4v) is 1.15. The normalized spacial score (nSPS) is 10.1. The van der Waals surface area contributed by atoms with Gasteiger partial charge >= 0.3 is 0 Å². The predicted octanol–water partition coefficient (Wildman–Crippen LogP) is 1.42. The number of nitrogens with zero attached hydrogens (tertiary/aromatic N) is 4. The first kappa shape index (κ1) is 7.42. The topological polar surface area (TPSA) is 43.6 Å². The van der Waals surface area contributed by atoms with Crippen LogP contribution in [0.15, 0.2) is 35.7 Å². The Labute approximate surface area is 77.4 Å². The number of hydrogen-bond acceptors (Lipinski definition) is 3. The second kappa shape index (κ2) is 3.02. The van der Waals surface area contributed by atoms with Crippen molar-refractivity contribution < 1.29 is 0 Å². The molecule has 0 aliphatic heterocycles. The molecule has 0 bridgehead atoms. The van der Waals surface area contributed by atoms with Gasteiger partial charge in [-0.15, -0.1) is 0 Å². The fraction of sp³-hybridized carbons (Fsp3) is 0. The molecule has 2 aromatic heterocycles. The Morgan fingerprint density at radius 2 is 2.17 bits per heavy atom. The zero-order valence-corrected chi connectivity index (χ0v) is 7.64. The number of halogens is 1. The molecule has 4 nitrogen and oxygen atoms in total. The second-order valence-electron chi connectivity index (χ2n) is 2.17. The summed E-state index contributed by atoms with van der Waals surface area (Å²) in [6, 6.07) is 0. The van der Waals surface area contributed by atoms with E-state index < -0.39 is 0 Å². The lowest BCUT2D eigenvalue weighted by Crippen LogP contribution is -1.94. The summed E-state index contributed by atoms with van der Waals surface area (Å²) in [5, 5.41) is 0. The van der Waals surface area contributed by atoms with Crippen molar-refractivity contribution in [2.75, 3.05) is 0 Å². The minimum Gasteiger partial charge on any atom is -0.289 e. The largest absolute Gasteiger partial charge is 0.289 e. The third kappa shape index (κ3) is 1.35. The molecule has 0 aliphatic carbocycles. The number of imidazole rings is 1. The lowest BCUT2D eigenvalue weighted by molar-refractivity contribution is 0.960. The molecule has 0 spiro atoms. The molecule has 0 N–H and O–H groups in total. The monoisotopic (exact) mass is 224 g/mol. The average molecular weight is 225 g/mol. The SMILES string of the molecule is Brc1cncc(-n2ccnc2)n1. The Bertz CT molecular complexity index is 371. The van der Waals surface area contributed by atoms with Gasteiger partial charge in [0.25, 0.3) is 0 Å². The zero-order valence-electron chi connectivity index (χ0n) is 6.05. The maximum absolute atomic E-state index is 4.19. The lowest BCUT2D eigenvalue weighted by atomic mass is 10.6. The predicted molar refractivity (Wildman–Crippen MR) is 46.9 cm³/mol. The molecule has 0 radical (unpaired) electrons. The Morgan fingerprint density at radius 3 is 2.83 bits per heavy atom. The molecule has 0 aromatic carbocycles. The Morgan fingerprint density at radius 1 is 1.25 bits per heavy atom. The highest BCUT2D eigenvalue weighted by Gasteiger charge is 1.96. The van der Waals surface area contributed by atoms with E-state index in [1.807, 2.05) is 6.20 Å². The van der Waals surface area contributed by atoms with Crippen molar-refractivity contribution in [1.29, 1.82) is 0 Å². The van der Waals surface area contributed by atoms with Crippen molar-refractivity contribution >= 4 is 15.9 Å². The van der Waals surface area contributed by atoms with E-state index in [1.54, 1.807) is 29.5 Å². The van der Waals surface area contributed by atoms with Crippen LogP contribution >= 0.6 is 15.9 Å². The smallest absolute Gasteiger partial charge is 0.157 e. The standard InChI is InChI=1S/C7H5BrN4/c8-6-3-10-4-7(11-6)12-2-1-9-5-12/h1-5H. The Kier molecular flexibility index (Phi) is 1.87. The van der Waals surface area contributed by atoms with E-state index in [0.717, 1.165) is 5.82 Å². The lowest BCUT2D eigenvalue weighted by Gasteiger charge is -1.98. The minimum atomic E-state index is 0.716. The van der Waals surface area contributed by atoms with Crippen LogP contribution in [0.4, 0.5) is 0 Å². The molecule has 0 saturated heterocycles. The van der Waals surface area contributed by atoms with Crippen molar-refractivity contribution in [2.24, 2.45) is 0 Å². The second-order valence-corrected chi connectivity index (χ2v) is 2.98.